The maximum absolute atomic E-state index is 13.6. The third-order valence-corrected chi connectivity index (χ3v) is 4.22. The molecular formula is C14H9Br2ClF2. The first-order valence-electron chi connectivity index (χ1n) is 5.50. The van der Waals surface area contributed by atoms with Crippen molar-refractivity contribution in [2.45, 2.75) is 11.2 Å². The zero-order valence-electron chi connectivity index (χ0n) is 9.64. The smallest absolute Gasteiger partial charge is 0.129 e. The van der Waals surface area contributed by atoms with Crippen LogP contribution in [0.3, 0.4) is 0 Å². The molecule has 0 spiro atoms. The molecule has 0 aliphatic rings. The predicted molar refractivity (Wildman–Crippen MR) is 80.9 cm³/mol. The van der Waals surface area contributed by atoms with Crippen molar-refractivity contribution >= 4 is 43.5 Å². The third kappa shape index (κ3) is 3.77. The van der Waals surface area contributed by atoms with Gasteiger partial charge in [0.05, 0.1) is 0 Å². The summed E-state index contributed by atoms with van der Waals surface area (Å²) >= 11 is 12.7. The van der Waals surface area contributed by atoms with Crippen LogP contribution in [-0.2, 0) is 6.42 Å². The molecule has 0 saturated heterocycles. The second kappa shape index (κ2) is 6.33. The molecule has 1 unspecified atom stereocenters. The molecule has 0 aromatic heterocycles. The Bertz CT molecular complexity index is 561. The van der Waals surface area contributed by atoms with Crippen LogP contribution in [0.15, 0.2) is 40.9 Å². The van der Waals surface area contributed by atoms with E-state index in [1.165, 1.54) is 18.2 Å². The summed E-state index contributed by atoms with van der Waals surface area (Å²) in [6.07, 6.45) is 0.214. The summed E-state index contributed by atoms with van der Waals surface area (Å²) in [4.78, 5) is -0.214. The van der Waals surface area contributed by atoms with E-state index in [9.17, 15) is 8.78 Å². The quantitative estimate of drug-likeness (QED) is 0.540. The fourth-order valence-electron chi connectivity index (χ4n) is 1.78. The summed E-state index contributed by atoms with van der Waals surface area (Å²) in [5.41, 5.74) is 0.933. The minimum atomic E-state index is -0.537. The van der Waals surface area contributed by atoms with Crippen molar-refractivity contribution in [1.29, 1.82) is 0 Å². The molecule has 0 N–H and O–H groups in total. The van der Waals surface area contributed by atoms with Gasteiger partial charge in [0.15, 0.2) is 0 Å². The molecule has 0 saturated carbocycles. The van der Waals surface area contributed by atoms with E-state index in [0.29, 0.717) is 5.02 Å². The van der Waals surface area contributed by atoms with Crippen molar-refractivity contribution in [2.24, 2.45) is 0 Å². The predicted octanol–water partition coefficient (Wildman–Crippen LogP) is 6.06. The van der Waals surface area contributed by atoms with Crippen LogP contribution < -0.4 is 0 Å². The molecule has 1 atom stereocenters. The lowest BCUT2D eigenvalue weighted by molar-refractivity contribution is 0.554. The van der Waals surface area contributed by atoms with Crippen molar-refractivity contribution in [3.8, 4) is 0 Å². The van der Waals surface area contributed by atoms with Gasteiger partial charge in [-0.2, -0.15) is 0 Å². The fourth-order valence-corrected chi connectivity index (χ4v) is 3.25. The molecule has 0 fully saturated rings. The van der Waals surface area contributed by atoms with Gasteiger partial charge in [0.2, 0.25) is 0 Å². The highest BCUT2D eigenvalue weighted by atomic mass is 79.9. The number of rotatable bonds is 3. The van der Waals surface area contributed by atoms with Crippen molar-refractivity contribution in [3.05, 3.63) is 68.7 Å². The number of halogens is 5. The monoisotopic (exact) mass is 408 g/mol. The number of hydrogen-bond donors (Lipinski definition) is 0. The van der Waals surface area contributed by atoms with Crippen LogP contribution >= 0.6 is 43.5 Å². The lowest BCUT2D eigenvalue weighted by atomic mass is 10.0. The maximum Gasteiger partial charge on any atom is 0.129 e. The van der Waals surface area contributed by atoms with Gasteiger partial charge in [-0.05, 0) is 42.3 Å². The summed E-state index contributed by atoms with van der Waals surface area (Å²) in [6.45, 7) is 0. The topological polar surface area (TPSA) is 0 Å². The van der Waals surface area contributed by atoms with Gasteiger partial charge < -0.3 is 0 Å². The molecule has 0 heterocycles. The van der Waals surface area contributed by atoms with Crippen LogP contribution in [0.1, 0.15) is 16.0 Å². The standard InChI is InChI=1S/C14H9Br2ClF2/c15-9-4-8(5-10(17)6-9)12(16)7-11-13(18)2-1-3-14(11)19/h1-6,12H,7H2. The Balaban J connectivity index is 2.28. The van der Waals surface area contributed by atoms with Crippen molar-refractivity contribution in [1.82, 2.24) is 0 Å². The average Bonchev–Trinajstić information content (AvgIpc) is 2.32. The Morgan fingerprint density at radius 2 is 1.74 bits per heavy atom. The van der Waals surface area contributed by atoms with Gasteiger partial charge in [-0.25, -0.2) is 8.78 Å². The molecular weight excluding hydrogens is 401 g/mol. The highest BCUT2D eigenvalue weighted by molar-refractivity contribution is 9.10. The van der Waals surface area contributed by atoms with Crippen molar-refractivity contribution in [3.63, 3.8) is 0 Å². The third-order valence-electron chi connectivity index (χ3n) is 2.69. The second-order valence-electron chi connectivity index (χ2n) is 4.07. The lowest BCUT2D eigenvalue weighted by Crippen LogP contribution is -2.01. The van der Waals surface area contributed by atoms with Gasteiger partial charge in [0.1, 0.15) is 11.6 Å². The molecule has 2 rings (SSSR count). The van der Waals surface area contributed by atoms with E-state index in [0.717, 1.165) is 10.0 Å². The highest BCUT2D eigenvalue weighted by Crippen LogP contribution is 2.32. The molecule has 0 nitrogen and oxygen atoms in total. The number of benzene rings is 2. The molecule has 0 aliphatic carbocycles. The minimum Gasteiger partial charge on any atom is -0.207 e. The minimum absolute atomic E-state index is 0.0699. The molecule has 0 amide bonds. The first-order chi connectivity index (χ1) is 8.97. The molecule has 19 heavy (non-hydrogen) atoms. The molecule has 0 bridgehead atoms. The van der Waals surface area contributed by atoms with E-state index in [4.69, 9.17) is 11.6 Å². The second-order valence-corrected chi connectivity index (χ2v) is 6.53. The van der Waals surface area contributed by atoms with Crippen LogP contribution in [0.2, 0.25) is 5.02 Å². The Labute approximate surface area is 132 Å². The number of hydrogen-bond acceptors (Lipinski definition) is 0. The van der Waals surface area contributed by atoms with Crippen molar-refractivity contribution in [2.75, 3.05) is 0 Å². The average molecular weight is 410 g/mol. The van der Waals surface area contributed by atoms with E-state index >= 15 is 0 Å². The molecule has 2 aromatic carbocycles. The van der Waals surface area contributed by atoms with Gasteiger partial charge in [-0.1, -0.05) is 49.5 Å². The Hall–Kier alpha value is -0.450. The molecule has 0 radical (unpaired) electrons. The van der Waals surface area contributed by atoms with E-state index in [1.807, 2.05) is 6.07 Å². The summed E-state index contributed by atoms with van der Waals surface area (Å²) in [5.74, 6) is -1.07. The maximum atomic E-state index is 13.6. The lowest BCUT2D eigenvalue weighted by Gasteiger charge is -2.12. The summed E-state index contributed by atoms with van der Waals surface area (Å²) in [5, 5.41) is 0.572. The van der Waals surface area contributed by atoms with E-state index in [2.05, 4.69) is 31.9 Å². The molecule has 0 aliphatic heterocycles. The Morgan fingerprint density at radius 1 is 1.11 bits per heavy atom. The zero-order valence-corrected chi connectivity index (χ0v) is 13.6. The number of alkyl halides is 1. The normalized spacial score (nSPS) is 12.5. The molecule has 100 valence electrons. The van der Waals surface area contributed by atoms with Crippen LogP contribution in [0.25, 0.3) is 0 Å². The Morgan fingerprint density at radius 3 is 2.32 bits per heavy atom. The van der Waals surface area contributed by atoms with Crippen molar-refractivity contribution < 1.29 is 8.78 Å². The Kier molecular flexibility index (Phi) is 4.98. The van der Waals surface area contributed by atoms with Gasteiger partial charge >= 0.3 is 0 Å². The summed E-state index contributed by atoms with van der Waals surface area (Å²) in [7, 11) is 0. The SMILES string of the molecule is Fc1cccc(F)c1CC(Br)c1cc(Cl)cc(Br)c1. The molecule has 5 heteroatoms. The van der Waals surface area contributed by atoms with Gasteiger partial charge in [-0.15, -0.1) is 0 Å². The van der Waals surface area contributed by atoms with Gasteiger partial charge in [0, 0.05) is 19.9 Å². The molecule has 2 aromatic rings. The van der Waals surface area contributed by atoms with Crippen LogP contribution in [0.4, 0.5) is 8.78 Å². The summed E-state index contributed by atoms with van der Waals surface area (Å²) in [6, 6.07) is 9.26. The van der Waals surface area contributed by atoms with E-state index < -0.39 is 11.6 Å². The van der Waals surface area contributed by atoms with Crippen LogP contribution in [-0.4, -0.2) is 0 Å². The zero-order chi connectivity index (χ0) is 14.0. The fraction of sp³-hybridized carbons (Fsp3) is 0.143. The van der Waals surface area contributed by atoms with Gasteiger partial charge in [0.25, 0.3) is 0 Å². The van der Waals surface area contributed by atoms with Crippen LogP contribution in [0, 0.1) is 11.6 Å². The largest absolute Gasteiger partial charge is 0.207 e. The van der Waals surface area contributed by atoms with E-state index in [-0.39, 0.29) is 16.8 Å². The highest BCUT2D eigenvalue weighted by Gasteiger charge is 2.16. The summed E-state index contributed by atoms with van der Waals surface area (Å²) < 4.78 is 28.0. The van der Waals surface area contributed by atoms with E-state index in [1.54, 1.807) is 12.1 Å². The van der Waals surface area contributed by atoms with Crippen LogP contribution in [0.5, 0.6) is 0 Å². The first kappa shape index (κ1) is 14.9. The van der Waals surface area contributed by atoms with Gasteiger partial charge in [-0.3, -0.25) is 0 Å². The first-order valence-corrected chi connectivity index (χ1v) is 7.59.